The third-order valence-electron chi connectivity index (χ3n) is 3.48. The number of hydrogen-bond donors (Lipinski definition) is 0. The van der Waals surface area contributed by atoms with Crippen LogP contribution in [0.25, 0.3) is 0 Å². The van der Waals surface area contributed by atoms with E-state index in [-0.39, 0.29) is 19.4 Å². The Morgan fingerprint density at radius 3 is 2.73 bits per heavy atom. The van der Waals surface area contributed by atoms with Crippen LogP contribution in [0.5, 0.6) is 5.75 Å². The summed E-state index contributed by atoms with van der Waals surface area (Å²) in [5, 5.41) is 0. The molecule has 1 aromatic carbocycles. The van der Waals surface area contributed by atoms with Gasteiger partial charge >= 0.3 is 6.18 Å². The fraction of sp³-hybridized carbons (Fsp3) is 0.500. The standard InChI is InChI=1S/C14H14F5NO2/c15-10-3-4-11(16)12(6-10)22-8-13(21)20-5-1-2-9(7-20)14(17,18)19/h3-4,6,9H,1-2,5,7-8H2. The van der Waals surface area contributed by atoms with Gasteiger partial charge in [-0.2, -0.15) is 13.2 Å². The maximum absolute atomic E-state index is 13.3. The number of nitrogens with zero attached hydrogens (tertiary/aromatic N) is 1. The highest BCUT2D eigenvalue weighted by molar-refractivity contribution is 5.77. The van der Waals surface area contributed by atoms with Crippen molar-refractivity contribution in [3.63, 3.8) is 0 Å². The third kappa shape index (κ3) is 4.08. The molecular weight excluding hydrogens is 309 g/mol. The van der Waals surface area contributed by atoms with E-state index in [4.69, 9.17) is 4.74 Å². The molecular formula is C14H14F5NO2. The average Bonchev–Trinajstić information content (AvgIpc) is 2.47. The number of hydrogen-bond acceptors (Lipinski definition) is 2. The molecule has 3 nitrogen and oxygen atoms in total. The first-order valence-corrected chi connectivity index (χ1v) is 6.69. The summed E-state index contributed by atoms with van der Waals surface area (Å²) in [6.07, 6.45) is -4.13. The van der Waals surface area contributed by atoms with Crippen LogP contribution in [0.4, 0.5) is 22.0 Å². The SMILES string of the molecule is O=C(COc1cc(F)ccc1F)N1CCCC(C(F)(F)F)C1. The van der Waals surface area contributed by atoms with Gasteiger partial charge in [-0.3, -0.25) is 4.79 Å². The molecule has 1 aromatic rings. The van der Waals surface area contributed by atoms with Crippen LogP contribution in [0.15, 0.2) is 18.2 Å². The van der Waals surface area contributed by atoms with E-state index in [9.17, 15) is 26.7 Å². The van der Waals surface area contributed by atoms with Gasteiger partial charge in [0.1, 0.15) is 5.82 Å². The lowest BCUT2D eigenvalue weighted by atomic mass is 9.97. The van der Waals surface area contributed by atoms with Crippen molar-refractivity contribution in [3.05, 3.63) is 29.8 Å². The van der Waals surface area contributed by atoms with Gasteiger partial charge in [-0.1, -0.05) is 0 Å². The van der Waals surface area contributed by atoms with Crippen molar-refractivity contribution in [2.45, 2.75) is 19.0 Å². The normalized spacial score (nSPS) is 19.1. The molecule has 0 saturated carbocycles. The highest BCUT2D eigenvalue weighted by atomic mass is 19.4. The number of ether oxygens (including phenoxy) is 1. The molecule has 0 N–H and O–H groups in total. The maximum Gasteiger partial charge on any atom is 0.393 e. The number of carbonyl (C=O) groups is 1. The van der Waals surface area contributed by atoms with Gasteiger partial charge in [-0.15, -0.1) is 0 Å². The Bertz CT molecular complexity index is 547. The molecule has 1 atom stereocenters. The molecule has 1 fully saturated rings. The van der Waals surface area contributed by atoms with Crippen LogP contribution in [0.1, 0.15) is 12.8 Å². The largest absolute Gasteiger partial charge is 0.481 e. The highest BCUT2D eigenvalue weighted by Gasteiger charge is 2.42. The number of carbonyl (C=O) groups excluding carboxylic acids is 1. The molecule has 2 rings (SSSR count). The average molecular weight is 323 g/mol. The number of benzene rings is 1. The lowest BCUT2D eigenvalue weighted by Gasteiger charge is -2.33. The Balaban J connectivity index is 1.93. The second-order valence-electron chi connectivity index (χ2n) is 5.08. The maximum atomic E-state index is 13.3. The van der Waals surface area contributed by atoms with E-state index in [1.807, 2.05) is 0 Å². The fourth-order valence-electron chi connectivity index (χ4n) is 2.29. The van der Waals surface area contributed by atoms with Crippen LogP contribution in [-0.2, 0) is 4.79 Å². The smallest absolute Gasteiger partial charge is 0.393 e. The summed E-state index contributed by atoms with van der Waals surface area (Å²) in [5.74, 6) is -4.27. The van der Waals surface area contributed by atoms with E-state index in [1.54, 1.807) is 0 Å². The van der Waals surface area contributed by atoms with Crippen LogP contribution in [0.2, 0.25) is 0 Å². The van der Waals surface area contributed by atoms with Gasteiger partial charge in [0.05, 0.1) is 5.92 Å². The first kappa shape index (κ1) is 16.5. The van der Waals surface area contributed by atoms with Crippen molar-refractivity contribution >= 4 is 5.91 Å². The van der Waals surface area contributed by atoms with Gasteiger partial charge in [0, 0.05) is 19.2 Å². The molecule has 0 spiro atoms. The van der Waals surface area contributed by atoms with Crippen molar-refractivity contribution in [3.8, 4) is 5.75 Å². The molecule has 0 aliphatic carbocycles. The summed E-state index contributed by atoms with van der Waals surface area (Å²) in [6.45, 7) is -0.872. The van der Waals surface area contributed by atoms with Gasteiger partial charge in [0.25, 0.3) is 5.91 Å². The third-order valence-corrected chi connectivity index (χ3v) is 3.48. The van der Waals surface area contributed by atoms with Crippen LogP contribution in [0, 0.1) is 17.6 Å². The van der Waals surface area contributed by atoms with Crippen molar-refractivity contribution in [2.75, 3.05) is 19.7 Å². The highest BCUT2D eigenvalue weighted by Crippen LogP contribution is 2.33. The molecule has 0 radical (unpaired) electrons. The zero-order valence-electron chi connectivity index (χ0n) is 11.5. The van der Waals surface area contributed by atoms with E-state index in [0.29, 0.717) is 0 Å². The van der Waals surface area contributed by atoms with Crippen molar-refractivity contribution < 1.29 is 31.5 Å². The Morgan fingerprint density at radius 2 is 2.05 bits per heavy atom. The Hall–Kier alpha value is -1.86. The lowest BCUT2D eigenvalue weighted by molar-refractivity contribution is -0.188. The zero-order chi connectivity index (χ0) is 16.3. The van der Waals surface area contributed by atoms with E-state index < -0.39 is 48.5 Å². The van der Waals surface area contributed by atoms with E-state index >= 15 is 0 Å². The van der Waals surface area contributed by atoms with Crippen LogP contribution in [0.3, 0.4) is 0 Å². The predicted octanol–water partition coefficient (Wildman–Crippen LogP) is 3.14. The molecule has 1 amide bonds. The van der Waals surface area contributed by atoms with Crippen molar-refractivity contribution in [1.29, 1.82) is 0 Å². The monoisotopic (exact) mass is 323 g/mol. The van der Waals surface area contributed by atoms with Crippen molar-refractivity contribution in [1.82, 2.24) is 4.90 Å². The molecule has 22 heavy (non-hydrogen) atoms. The van der Waals surface area contributed by atoms with Crippen molar-refractivity contribution in [2.24, 2.45) is 5.92 Å². The lowest BCUT2D eigenvalue weighted by Crippen LogP contribution is -2.46. The fourth-order valence-corrected chi connectivity index (χ4v) is 2.29. The summed E-state index contributed by atoms with van der Waals surface area (Å²) >= 11 is 0. The number of likely N-dealkylation sites (tertiary alicyclic amines) is 1. The summed E-state index contributed by atoms with van der Waals surface area (Å²) < 4.78 is 69.1. The Labute approximate surface area is 123 Å². The first-order valence-electron chi connectivity index (χ1n) is 6.69. The second kappa shape index (κ2) is 6.50. The molecule has 1 aliphatic heterocycles. The molecule has 1 saturated heterocycles. The van der Waals surface area contributed by atoms with Crippen LogP contribution in [-0.4, -0.2) is 36.7 Å². The summed E-state index contributed by atoms with van der Waals surface area (Å²) in [5.41, 5.74) is 0. The zero-order valence-corrected chi connectivity index (χ0v) is 11.5. The molecule has 0 bridgehead atoms. The molecule has 122 valence electrons. The Kier molecular flexibility index (Phi) is 4.87. The number of piperidine rings is 1. The molecule has 0 aromatic heterocycles. The van der Waals surface area contributed by atoms with E-state index in [0.717, 1.165) is 23.1 Å². The summed E-state index contributed by atoms with van der Waals surface area (Å²) in [6, 6.07) is 2.51. The number of amides is 1. The Morgan fingerprint density at radius 1 is 1.32 bits per heavy atom. The minimum absolute atomic E-state index is 0.0212. The number of alkyl halides is 3. The van der Waals surface area contributed by atoms with E-state index in [2.05, 4.69) is 0 Å². The molecule has 1 heterocycles. The van der Waals surface area contributed by atoms with E-state index in [1.165, 1.54) is 0 Å². The predicted molar refractivity (Wildman–Crippen MR) is 67.2 cm³/mol. The van der Waals surface area contributed by atoms with Crippen LogP contribution < -0.4 is 4.74 Å². The molecule has 1 unspecified atom stereocenters. The van der Waals surface area contributed by atoms with Gasteiger partial charge in [-0.25, -0.2) is 8.78 Å². The number of rotatable bonds is 3. The number of halogens is 5. The topological polar surface area (TPSA) is 29.5 Å². The quantitative estimate of drug-likeness (QED) is 0.800. The van der Waals surface area contributed by atoms with Gasteiger partial charge in [0.15, 0.2) is 18.2 Å². The van der Waals surface area contributed by atoms with Crippen LogP contribution >= 0.6 is 0 Å². The summed E-state index contributed by atoms with van der Waals surface area (Å²) in [7, 11) is 0. The van der Waals surface area contributed by atoms with Gasteiger partial charge < -0.3 is 9.64 Å². The summed E-state index contributed by atoms with van der Waals surface area (Å²) in [4.78, 5) is 12.9. The molecule has 1 aliphatic rings. The molecule has 8 heteroatoms. The minimum atomic E-state index is -4.35. The van der Waals surface area contributed by atoms with Gasteiger partial charge in [0.2, 0.25) is 0 Å². The minimum Gasteiger partial charge on any atom is -0.481 e. The van der Waals surface area contributed by atoms with Gasteiger partial charge in [-0.05, 0) is 25.0 Å². The first-order chi connectivity index (χ1) is 10.3. The second-order valence-corrected chi connectivity index (χ2v) is 5.08.